The van der Waals surface area contributed by atoms with Crippen molar-refractivity contribution in [1.82, 2.24) is 0 Å². The molecule has 1 rings (SSSR count). The first kappa shape index (κ1) is 12.8. The van der Waals surface area contributed by atoms with Gasteiger partial charge >= 0.3 is 5.97 Å². The van der Waals surface area contributed by atoms with E-state index in [1.807, 2.05) is 36.4 Å². The Labute approximate surface area is 101 Å². The fourth-order valence-electron chi connectivity index (χ4n) is 1.29. The van der Waals surface area contributed by atoms with E-state index < -0.39 is 5.97 Å². The van der Waals surface area contributed by atoms with Gasteiger partial charge in [0.2, 0.25) is 0 Å². The molecule has 4 heteroatoms. The van der Waals surface area contributed by atoms with Crippen LogP contribution in [0.4, 0.5) is 5.69 Å². The predicted molar refractivity (Wildman–Crippen MR) is 65.0 cm³/mol. The summed E-state index contributed by atoms with van der Waals surface area (Å²) in [4.78, 5) is 11.5. The number of carbonyl (C=O) groups is 1. The fourth-order valence-corrected chi connectivity index (χ4v) is 1.29. The van der Waals surface area contributed by atoms with E-state index in [0.29, 0.717) is 5.70 Å². The van der Waals surface area contributed by atoms with Crippen LogP contribution in [-0.2, 0) is 9.53 Å². The van der Waals surface area contributed by atoms with Crippen LogP contribution in [0.2, 0.25) is 0 Å². The second-order valence-electron chi connectivity index (χ2n) is 3.32. The molecule has 0 saturated carbocycles. The molecular formula is C13H14N2O2. The monoisotopic (exact) mass is 230 g/mol. The van der Waals surface area contributed by atoms with Gasteiger partial charge in [0.05, 0.1) is 6.61 Å². The number of nitriles is 1. The summed E-state index contributed by atoms with van der Waals surface area (Å²) in [7, 11) is 0. The molecule has 0 unspecified atom stereocenters. The van der Waals surface area contributed by atoms with Gasteiger partial charge in [0.15, 0.2) is 5.57 Å². The van der Waals surface area contributed by atoms with Crippen LogP contribution in [0.25, 0.3) is 0 Å². The number of esters is 1. The van der Waals surface area contributed by atoms with Gasteiger partial charge in [-0.3, -0.25) is 0 Å². The molecule has 0 bridgehead atoms. The Kier molecular flexibility index (Phi) is 4.77. The van der Waals surface area contributed by atoms with Crippen molar-refractivity contribution in [3.63, 3.8) is 0 Å². The standard InChI is InChI=1S/C13H14N2O2/c1-3-17-13(16)12(9-14)10(2)15-11-7-5-4-6-8-11/h4-8,15H,3H2,1-2H3/b12-10+. The maximum atomic E-state index is 11.5. The largest absolute Gasteiger partial charge is 0.462 e. The highest BCUT2D eigenvalue weighted by Gasteiger charge is 2.13. The highest BCUT2D eigenvalue weighted by atomic mass is 16.5. The maximum absolute atomic E-state index is 11.5. The van der Waals surface area contributed by atoms with Crippen LogP contribution < -0.4 is 5.32 Å². The molecule has 1 aromatic rings. The lowest BCUT2D eigenvalue weighted by Crippen LogP contribution is -2.11. The van der Waals surface area contributed by atoms with E-state index in [1.165, 1.54) is 0 Å². The SMILES string of the molecule is CCOC(=O)/C(C#N)=C(\C)Nc1ccccc1. The molecule has 88 valence electrons. The first-order chi connectivity index (χ1) is 8.19. The first-order valence-electron chi connectivity index (χ1n) is 5.29. The van der Waals surface area contributed by atoms with Crippen LogP contribution in [-0.4, -0.2) is 12.6 Å². The Balaban J connectivity index is 2.88. The van der Waals surface area contributed by atoms with E-state index in [4.69, 9.17) is 10.00 Å². The number of hydrogen-bond donors (Lipinski definition) is 1. The van der Waals surface area contributed by atoms with Crippen molar-refractivity contribution in [3.8, 4) is 6.07 Å². The number of benzene rings is 1. The van der Waals surface area contributed by atoms with Crippen molar-refractivity contribution in [2.75, 3.05) is 11.9 Å². The van der Waals surface area contributed by atoms with Crippen LogP contribution in [0, 0.1) is 11.3 Å². The normalized spacial score (nSPS) is 11.1. The molecule has 0 amide bonds. The van der Waals surface area contributed by atoms with Crippen molar-refractivity contribution >= 4 is 11.7 Å². The van der Waals surface area contributed by atoms with Gasteiger partial charge < -0.3 is 10.1 Å². The van der Waals surface area contributed by atoms with Crippen molar-refractivity contribution in [3.05, 3.63) is 41.6 Å². The highest BCUT2D eigenvalue weighted by Crippen LogP contribution is 2.12. The molecule has 0 fully saturated rings. The minimum absolute atomic E-state index is 0.00398. The number of allylic oxidation sites excluding steroid dienone is 1. The Hall–Kier alpha value is -2.28. The summed E-state index contributed by atoms with van der Waals surface area (Å²) in [5.41, 5.74) is 1.30. The lowest BCUT2D eigenvalue weighted by atomic mass is 10.2. The van der Waals surface area contributed by atoms with Gasteiger partial charge in [-0.2, -0.15) is 5.26 Å². The Morgan fingerprint density at radius 3 is 2.59 bits per heavy atom. The Morgan fingerprint density at radius 1 is 1.41 bits per heavy atom. The minimum atomic E-state index is -0.601. The number of ether oxygens (including phenoxy) is 1. The van der Waals surface area contributed by atoms with Crippen molar-refractivity contribution < 1.29 is 9.53 Å². The molecule has 0 radical (unpaired) electrons. The molecule has 0 aliphatic heterocycles. The highest BCUT2D eigenvalue weighted by molar-refractivity contribution is 5.94. The average molecular weight is 230 g/mol. The van der Waals surface area contributed by atoms with Gasteiger partial charge in [0.25, 0.3) is 0 Å². The maximum Gasteiger partial charge on any atom is 0.350 e. The molecule has 0 aliphatic rings. The Bertz CT molecular complexity index is 458. The molecule has 0 saturated heterocycles. The van der Waals surface area contributed by atoms with E-state index in [9.17, 15) is 4.79 Å². The third-order valence-electron chi connectivity index (χ3n) is 2.07. The third kappa shape index (κ3) is 3.65. The Morgan fingerprint density at radius 2 is 2.06 bits per heavy atom. The smallest absolute Gasteiger partial charge is 0.350 e. The van der Waals surface area contributed by atoms with Gasteiger partial charge in [-0.15, -0.1) is 0 Å². The molecule has 17 heavy (non-hydrogen) atoms. The van der Waals surface area contributed by atoms with Crippen LogP contribution in [0.1, 0.15) is 13.8 Å². The van der Waals surface area contributed by atoms with Crippen LogP contribution in [0.3, 0.4) is 0 Å². The molecule has 4 nitrogen and oxygen atoms in total. The summed E-state index contributed by atoms with van der Waals surface area (Å²) >= 11 is 0. The average Bonchev–Trinajstić information content (AvgIpc) is 2.31. The molecule has 0 spiro atoms. The zero-order chi connectivity index (χ0) is 12.7. The second-order valence-corrected chi connectivity index (χ2v) is 3.32. The van der Waals surface area contributed by atoms with Crippen molar-refractivity contribution in [2.45, 2.75) is 13.8 Å². The zero-order valence-electron chi connectivity index (χ0n) is 9.86. The topological polar surface area (TPSA) is 62.1 Å². The third-order valence-corrected chi connectivity index (χ3v) is 2.07. The molecule has 1 N–H and O–H groups in total. The molecule has 0 heterocycles. The van der Waals surface area contributed by atoms with E-state index in [0.717, 1.165) is 5.69 Å². The number of nitrogens with zero attached hydrogens (tertiary/aromatic N) is 1. The lowest BCUT2D eigenvalue weighted by molar-refractivity contribution is -0.138. The number of carbonyl (C=O) groups excluding carboxylic acids is 1. The van der Waals surface area contributed by atoms with E-state index >= 15 is 0 Å². The summed E-state index contributed by atoms with van der Waals surface area (Å²) in [6, 6.07) is 11.2. The van der Waals surface area contributed by atoms with Crippen LogP contribution in [0.15, 0.2) is 41.6 Å². The van der Waals surface area contributed by atoms with E-state index in [1.54, 1.807) is 13.8 Å². The fraction of sp³-hybridized carbons (Fsp3) is 0.231. The van der Waals surface area contributed by atoms with Crippen molar-refractivity contribution in [2.24, 2.45) is 0 Å². The predicted octanol–water partition coefficient (Wildman–Crippen LogP) is 2.46. The van der Waals surface area contributed by atoms with Gasteiger partial charge in [0.1, 0.15) is 6.07 Å². The first-order valence-corrected chi connectivity index (χ1v) is 5.29. The number of anilines is 1. The van der Waals surface area contributed by atoms with E-state index in [-0.39, 0.29) is 12.2 Å². The summed E-state index contributed by atoms with van der Waals surface area (Å²) in [5.74, 6) is -0.601. The molecule has 1 aromatic carbocycles. The van der Waals surface area contributed by atoms with Crippen molar-refractivity contribution in [1.29, 1.82) is 5.26 Å². The number of hydrogen-bond acceptors (Lipinski definition) is 4. The quantitative estimate of drug-likeness (QED) is 0.490. The number of nitrogens with one attached hydrogen (secondary N) is 1. The lowest BCUT2D eigenvalue weighted by Gasteiger charge is -2.08. The molecule has 0 atom stereocenters. The summed E-state index contributed by atoms with van der Waals surface area (Å²) in [6.07, 6.45) is 0. The number of para-hydroxylation sites is 1. The minimum Gasteiger partial charge on any atom is -0.462 e. The molecule has 0 aliphatic carbocycles. The second kappa shape index (κ2) is 6.33. The van der Waals surface area contributed by atoms with Gasteiger partial charge in [0, 0.05) is 11.4 Å². The van der Waals surface area contributed by atoms with Crippen LogP contribution in [0.5, 0.6) is 0 Å². The number of rotatable bonds is 4. The van der Waals surface area contributed by atoms with Gasteiger partial charge in [-0.1, -0.05) is 18.2 Å². The molecule has 0 aromatic heterocycles. The van der Waals surface area contributed by atoms with Gasteiger partial charge in [-0.25, -0.2) is 4.79 Å². The summed E-state index contributed by atoms with van der Waals surface area (Å²) < 4.78 is 4.79. The summed E-state index contributed by atoms with van der Waals surface area (Å²) in [5, 5.41) is 11.9. The summed E-state index contributed by atoms with van der Waals surface area (Å²) in [6.45, 7) is 3.62. The van der Waals surface area contributed by atoms with Crippen LogP contribution >= 0.6 is 0 Å². The molecular weight excluding hydrogens is 216 g/mol. The zero-order valence-corrected chi connectivity index (χ0v) is 9.86. The van der Waals surface area contributed by atoms with E-state index in [2.05, 4.69) is 5.32 Å². The van der Waals surface area contributed by atoms with Gasteiger partial charge in [-0.05, 0) is 26.0 Å².